The van der Waals surface area contributed by atoms with Gasteiger partial charge in [-0.1, -0.05) is 19.3 Å². The average Bonchev–Trinajstić information content (AvgIpc) is 2.74. The summed E-state index contributed by atoms with van der Waals surface area (Å²) in [6, 6.07) is 0. The first-order chi connectivity index (χ1) is 14.7. The molecule has 4 nitrogen and oxygen atoms in total. The summed E-state index contributed by atoms with van der Waals surface area (Å²) in [5.74, 6) is 7.16. The highest BCUT2D eigenvalue weighted by Crippen LogP contribution is 2.49. The van der Waals surface area contributed by atoms with Crippen molar-refractivity contribution < 1.29 is 0 Å². The second-order valence-electron chi connectivity index (χ2n) is 11.4. The Hall–Kier alpha value is -0.160. The number of hydrogen-bond donors (Lipinski definition) is 4. The lowest BCUT2D eigenvalue weighted by molar-refractivity contribution is 0.0555. The summed E-state index contributed by atoms with van der Waals surface area (Å²) in [6.45, 7) is 3.42. The van der Waals surface area contributed by atoms with Crippen LogP contribution in [-0.4, -0.2) is 26.2 Å². The van der Waals surface area contributed by atoms with Crippen LogP contribution >= 0.6 is 0 Å². The summed E-state index contributed by atoms with van der Waals surface area (Å²) in [7, 11) is 0. The van der Waals surface area contributed by atoms with E-state index in [1.165, 1.54) is 89.9 Å². The van der Waals surface area contributed by atoms with Crippen LogP contribution in [0.4, 0.5) is 0 Å². The van der Waals surface area contributed by atoms with Crippen LogP contribution in [0.1, 0.15) is 89.9 Å². The molecule has 0 spiro atoms. The first-order valence-corrected chi connectivity index (χ1v) is 13.5. The molecule has 6 unspecified atom stereocenters. The van der Waals surface area contributed by atoms with Gasteiger partial charge in [-0.2, -0.15) is 0 Å². The minimum atomic E-state index is 0.850. The Labute approximate surface area is 186 Å². The molecule has 0 aromatic heterocycles. The van der Waals surface area contributed by atoms with Gasteiger partial charge in [-0.25, -0.2) is 0 Å². The summed E-state index contributed by atoms with van der Waals surface area (Å²) >= 11 is 0. The molecule has 0 heterocycles. The molecule has 6 atom stereocenters. The Morgan fingerprint density at radius 1 is 0.400 bits per heavy atom. The van der Waals surface area contributed by atoms with Crippen LogP contribution in [0.25, 0.3) is 0 Å². The topological polar surface area (TPSA) is 104 Å². The molecule has 3 saturated carbocycles. The predicted molar refractivity (Wildman–Crippen MR) is 129 cm³/mol. The molecular weight excluding hydrogens is 368 g/mol. The van der Waals surface area contributed by atoms with E-state index >= 15 is 0 Å². The van der Waals surface area contributed by atoms with Crippen LogP contribution < -0.4 is 22.9 Å². The van der Waals surface area contributed by atoms with E-state index in [-0.39, 0.29) is 0 Å². The van der Waals surface area contributed by atoms with Gasteiger partial charge in [0.1, 0.15) is 0 Å². The smallest absolute Gasteiger partial charge is 0.00746 e. The van der Waals surface area contributed by atoms with Gasteiger partial charge in [0.15, 0.2) is 0 Å². The molecule has 3 aliphatic rings. The molecule has 0 aliphatic heterocycles. The zero-order valence-electron chi connectivity index (χ0n) is 19.7. The number of nitrogens with two attached hydrogens (primary N) is 4. The van der Waals surface area contributed by atoms with Crippen LogP contribution in [-0.2, 0) is 0 Å². The van der Waals surface area contributed by atoms with Crippen molar-refractivity contribution >= 4 is 0 Å². The van der Waals surface area contributed by atoms with E-state index < -0.39 is 0 Å². The van der Waals surface area contributed by atoms with Crippen molar-refractivity contribution in [3.63, 3.8) is 0 Å². The molecule has 8 N–H and O–H groups in total. The van der Waals surface area contributed by atoms with Crippen LogP contribution in [0.15, 0.2) is 0 Å². The van der Waals surface area contributed by atoms with Gasteiger partial charge in [0.25, 0.3) is 0 Å². The van der Waals surface area contributed by atoms with Gasteiger partial charge in [0.05, 0.1) is 0 Å². The summed E-state index contributed by atoms with van der Waals surface area (Å²) in [5, 5.41) is 0. The fourth-order valence-corrected chi connectivity index (χ4v) is 8.01. The van der Waals surface area contributed by atoms with Gasteiger partial charge in [-0.3, -0.25) is 0 Å². The lowest BCUT2D eigenvalue weighted by Gasteiger charge is -2.45. The lowest BCUT2D eigenvalue weighted by Crippen LogP contribution is -2.36. The molecule has 0 bridgehead atoms. The third-order valence-electron chi connectivity index (χ3n) is 9.27. The third-order valence-corrected chi connectivity index (χ3v) is 9.27. The Bertz CT molecular complexity index is 402. The first kappa shape index (κ1) is 24.5. The van der Waals surface area contributed by atoms with Gasteiger partial charge in [-0.05, 0) is 144 Å². The molecule has 0 radical (unpaired) electrons. The molecule has 0 amide bonds. The molecule has 0 aromatic carbocycles. The van der Waals surface area contributed by atoms with Gasteiger partial charge >= 0.3 is 0 Å². The van der Waals surface area contributed by atoms with E-state index in [9.17, 15) is 0 Å². The minimum Gasteiger partial charge on any atom is -0.330 e. The molecule has 3 fully saturated rings. The van der Waals surface area contributed by atoms with Crippen molar-refractivity contribution in [3.8, 4) is 0 Å². The third kappa shape index (κ3) is 6.92. The average molecular weight is 421 g/mol. The van der Waals surface area contributed by atoms with Gasteiger partial charge in [0, 0.05) is 0 Å². The zero-order valence-corrected chi connectivity index (χ0v) is 19.7. The van der Waals surface area contributed by atoms with E-state index in [0.29, 0.717) is 0 Å². The van der Waals surface area contributed by atoms with E-state index in [0.717, 1.165) is 73.5 Å². The Balaban J connectivity index is 1.61. The summed E-state index contributed by atoms with van der Waals surface area (Å²) in [5.41, 5.74) is 23.8. The van der Waals surface area contributed by atoms with E-state index in [1.807, 2.05) is 0 Å². The van der Waals surface area contributed by atoms with E-state index in [1.54, 1.807) is 0 Å². The van der Waals surface area contributed by atoms with Crippen molar-refractivity contribution in [2.24, 2.45) is 70.3 Å². The van der Waals surface area contributed by atoms with E-state index in [4.69, 9.17) is 22.9 Å². The molecule has 176 valence electrons. The molecule has 0 aromatic rings. The predicted octanol–water partition coefficient (Wildman–Crippen LogP) is 4.25. The maximum Gasteiger partial charge on any atom is -0.00746 e. The second kappa shape index (κ2) is 12.8. The number of hydrogen-bond acceptors (Lipinski definition) is 4. The quantitative estimate of drug-likeness (QED) is 0.424. The normalized spacial score (nSPS) is 40.4. The van der Waals surface area contributed by atoms with Crippen molar-refractivity contribution in [2.45, 2.75) is 89.9 Å². The summed E-state index contributed by atoms with van der Waals surface area (Å²) in [4.78, 5) is 0. The summed E-state index contributed by atoms with van der Waals surface area (Å²) in [6.07, 6.45) is 19.3. The largest absolute Gasteiger partial charge is 0.330 e. The van der Waals surface area contributed by atoms with Crippen molar-refractivity contribution in [1.29, 1.82) is 0 Å². The van der Waals surface area contributed by atoms with Gasteiger partial charge in [-0.15, -0.1) is 0 Å². The van der Waals surface area contributed by atoms with Crippen LogP contribution in [0.5, 0.6) is 0 Å². The molecule has 30 heavy (non-hydrogen) atoms. The lowest BCUT2D eigenvalue weighted by atomic mass is 9.60. The molecular formula is C26H52N4. The van der Waals surface area contributed by atoms with Crippen molar-refractivity contribution in [3.05, 3.63) is 0 Å². The maximum absolute atomic E-state index is 5.95. The fraction of sp³-hybridized carbons (Fsp3) is 1.00. The van der Waals surface area contributed by atoms with Crippen LogP contribution in [0.2, 0.25) is 0 Å². The van der Waals surface area contributed by atoms with Crippen molar-refractivity contribution in [2.75, 3.05) is 26.2 Å². The van der Waals surface area contributed by atoms with Crippen molar-refractivity contribution in [1.82, 2.24) is 0 Å². The molecule has 3 rings (SSSR count). The van der Waals surface area contributed by atoms with Gasteiger partial charge in [0.2, 0.25) is 0 Å². The zero-order chi connectivity index (χ0) is 21.3. The van der Waals surface area contributed by atoms with Crippen LogP contribution in [0.3, 0.4) is 0 Å². The second-order valence-corrected chi connectivity index (χ2v) is 11.4. The first-order valence-electron chi connectivity index (χ1n) is 13.5. The minimum absolute atomic E-state index is 0.850. The SMILES string of the molecule is NCCC1CC(CCN)CC(C2CCCC(C3CC(CCN)CC(CCN)C3)C2)C1. The number of rotatable bonds is 10. The molecule has 0 saturated heterocycles. The van der Waals surface area contributed by atoms with Gasteiger partial charge < -0.3 is 22.9 Å². The highest BCUT2D eigenvalue weighted by Gasteiger charge is 2.39. The summed E-state index contributed by atoms with van der Waals surface area (Å²) < 4.78 is 0. The molecule has 3 aliphatic carbocycles. The molecule has 4 heteroatoms. The highest BCUT2D eigenvalue weighted by atomic mass is 14.6. The van der Waals surface area contributed by atoms with E-state index in [2.05, 4.69) is 0 Å². The Morgan fingerprint density at radius 3 is 1.03 bits per heavy atom. The standard InChI is InChI=1S/C26H52N4/c27-8-4-19-12-20(5-9-28)15-25(14-19)23-2-1-3-24(18-23)26-16-21(6-10-29)13-22(17-26)7-11-30/h19-26H,1-18,27-30H2. The fourth-order valence-electron chi connectivity index (χ4n) is 8.01. The highest BCUT2D eigenvalue weighted by molar-refractivity contribution is 4.90. The van der Waals surface area contributed by atoms with Crippen LogP contribution in [0, 0.1) is 47.3 Å². The Kier molecular flexibility index (Phi) is 10.4. The Morgan fingerprint density at radius 2 is 0.733 bits per heavy atom. The monoisotopic (exact) mass is 420 g/mol. The maximum atomic E-state index is 5.95.